The second-order valence-corrected chi connectivity index (χ2v) is 7.36. The summed E-state index contributed by atoms with van der Waals surface area (Å²) >= 11 is 12.5. The normalized spacial score (nSPS) is 10.6. The van der Waals surface area contributed by atoms with E-state index in [4.69, 9.17) is 37.8 Å². The molecule has 3 rings (SSSR count). The van der Waals surface area contributed by atoms with Crippen LogP contribution in [0.15, 0.2) is 60.7 Å². The first-order chi connectivity index (χ1) is 14.5. The Morgan fingerprint density at radius 2 is 1.63 bits per heavy atom. The minimum atomic E-state index is -0.939. The van der Waals surface area contributed by atoms with E-state index in [1.165, 1.54) is 0 Å². The molecule has 3 aromatic carbocycles. The Morgan fingerprint density at radius 1 is 0.967 bits per heavy atom. The van der Waals surface area contributed by atoms with Crippen LogP contribution in [0.25, 0.3) is 0 Å². The topological polar surface area (TPSA) is 67.8 Å². The van der Waals surface area contributed by atoms with Gasteiger partial charge in [0.05, 0.1) is 12.7 Å². The van der Waals surface area contributed by atoms with Crippen LogP contribution in [0.2, 0.25) is 10.0 Å². The van der Waals surface area contributed by atoms with Crippen LogP contribution < -0.4 is 14.8 Å². The molecule has 0 aliphatic carbocycles. The minimum Gasteiger partial charge on any atom is -0.493 e. The fourth-order valence-electron chi connectivity index (χ4n) is 2.95. The van der Waals surface area contributed by atoms with Crippen LogP contribution in [0.1, 0.15) is 27.0 Å². The van der Waals surface area contributed by atoms with Gasteiger partial charge in [0.1, 0.15) is 6.61 Å². The van der Waals surface area contributed by atoms with E-state index in [-0.39, 0.29) is 12.2 Å². The van der Waals surface area contributed by atoms with Gasteiger partial charge in [-0.3, -0.25) is 0 Å². The van der Waals surface area contributed by atoms with Gasteiger partial charge in [0.2, 0.25) is 0 Å². The van der Waals surface area contributed by atoms with Gasteiger partial charge in [0.15, 0.2) is 11.5 Å². The van der Waals surface area contributed by atoms with Gasteiger partial charge in [-0.05, 0) is 35.9 Å². The van der Waals surface area contributed by atoms with E-state index in [1.807, 2.05) is 18.2 Å². The van der Waals surface area contributed by atoms with E-state index >= 15 is 0 Å². The highest BCUT2D eigenvalue weighted by Gasteiger charge is 2.13. The number of aromatic carboxylic acids is 1. The lowest BCUT2D eigenvalue weighted by Gasteiger charge is -2.16. The molecule has 7 heteroatoms. The van der Waals surface area contributed by atoms with Crippen LogP contribution in [0.3, 0.4) is 0 Å². The SMILES string of the molecule is COc1cccc(CNCc2ccc(C(=O)O)cc2)c1OCc1c(Cl)cccc1Cl. The molecule has 156 valence electrons. The molecule has 0 saturated heterocycles. The van der Waals surface area contributed by atoms with Crippen LogP contribution in [0, 0.1) is 0 Å². The molecule has 0 aliphatic rings. The molecule has 0 aromatic heterocycles. The Morgan fingerprint density at radius 3 is 2.27 bits per heavy atom. The van der Waals surface area contributed by atoms with Crippen molar-refractivity contribution < 1.29 is 19.4 Å². The van der Waals surface area contributed by atoms with Gasteiger partial charge in [-0.2, -0.15) is 0 Å². The number of carboxylic acid groups (broad SMARTS) is 1. The summed E-state index contributed by atoms with van der Waals surface area (Å²) in [4.78, 5) is 11.0. The van der Waals surface area contributed by atoms with Crippen molar-refractivity contribution in [1.82, 2.24) is 5.32 Å². The maximum atomic E-state index is 11.0. The summed E-state index contributed by atoms with van der Waals surface area (Å²) in [6.07, 6.45) is 0. The molecule has 0 radical (unpaired) electrons. The van der Waals surface area contributed by atoms with Crippen LogP contribution >= 0.6 is 23.2 Å². The summed E-state index contributed by atoms with van der Waals surface area (Å²) in [5, 5.41) is 13.4. The Labute approximate surface area is 185 Å². The number of para-hydroxylation sites is 1. The highest BCUT2D eigenvalue weighted by atomic mass is 35.5. The quantitative estimate of drug-likeness (QED) is 0.450. The number of carboxylic acids is 1. The first kappa shape index (κ1) is 22.0. The van der Waals surface area contributed by atoms with Crippen molar-refractivity contribution in [3.05, 3.63) is 93.0 Å². The van der Waals surface area contributed by atoms with Crippen molar-refractivity contribution in [2.45, 2.75) is 19.7 Å². The minimum absolute atomic E-state index is 0.211. The smallest absolute Gasteiger partial charge is 0.335 e. The fourth-order valence-corrected chi connectivity index (χ4v) is 3.45. The maximum Gasteiger partial charge on any atom is 0.335 e. The third-order valence-electron chi connectivity index (χ3n) is 4.55. The van der Waals surface area contributed by atoms with E-state index < -0.39 is 5.97 Å². The highest BCUT2D eigenvalue weighted by Crippen LogP contribution is 2.33. The molecular formula is C23H21Cl2NO4. The predicted octanol–water partition coefficient (Wildman–Crippen LogP) is 5.57. The van der Waals surface area contributed by atoms with E-state index in [1.54, 1.807) is 49.6 Å². The van der Waals surface area contributed by atoms with Gasteiger partial charge in [-0.15, -0.1) is 0 Å². The first-order valence-corrected chi connectivity index (χ1v) is 9.99. The number of nitrogens with one attached hydrogen (secondary N) is 1. The lowest BCUT2D eigenvalue weighted by Crippen LogP contribution is -2.14. The Kier molecular flexibility index (Phi) is 7.57. The van der Waals surface area contributed by atoms with Crippen LogP contribution in [-0.4, -0.2) is 18.2 Å². The molecule has 0 spiro atoms. The number of halogens is 2. The standard InChI is InChI=1S/C23H21Cl2NO4/c1-29-21-7-2-4-17(13-26-12-15-8-10-16(11-9-15)23(27)28)22(21)30-14-18-19(24)5-3-6-20(18)25/h2-11,26H,12-14H2,1H3,(H,27,28). The number of hydrogen-bond donors (Lipinski definition) is 2. The molecule has 0 fully saturated rings. The first-order valence-electron chi connectivity index (χ1n) is 9.24. The van der Waals surface area contributed by atoms with Crippen molar-refractivity contribution in [1.29, 1.82) is 0 Å². The van der Waals surface area contributed by atoms with E-state index in [9.17, 15) is 4.79 Å². The van der Waals surface area contributed by atoms with Crippen molar-refractivity contribution in [3.63, 3.8) is 0 Å². The van der Waals surface area contributed by atoms with Crippen molar-refractivity contribution in [3.8, 4) is 11.5 Å². The zero-order chi connectivity index (χ0) is 21.5. The van der Waals surface area contributed by atoms with E-state index in [0.717, 1.165) is 11.1 Å². The lowest BCUT2D eigenvalue weighted by atomic mass is 10.1. The zero-order valence-electron chi connectivity index (χ0n) is 16.3. The number of methoxy groups -OCH3 is 1. The molecular weight excluding hydrogens is 425 g/mol. The lowest BCUT2D eigenvalue weighted by molar-refractivity contribution is 0.0697. The second-order valence-electron chi connectivity index (χ2n) is 6.54. The van der Waals surface area contributed by atoms with Crippen LogP contribution in [0.5, 0.6) is 11.5 Å². The number of benzene rings is 3. The molecule has 0 atom stereocenters. The summed E-state index contributed by atoms with van der Waals surface area (Å²) < 4.78 is 11.5. The molecule has 0 aliphatic heterocycles. The van der Waals surface area contributed by atoms with Crippen LogP contribution in [-0.2, 0) is 19.7 Å². The summed E-state index contributed by atoms with van der Waals surface area (Å²) in [5.41, 5.74) is 2.87. The van der Waals surface area contributed by atoms with Gasteiger partial charge in [0.25, 0.3) is 0 Å². The van der Waals surface area contributed by atoms with Crippen molar-refractivity contribution in [2.75, 3.05) is 7.11 Å². The summed E-state index contributed by atoms with van der Waals surface area (Å²) in [6.45, 7) is 1.32. The molecule has 0 unspecified atom stereocenters. The molecule has 0 saturated carbocycles. The fraction of sp³-hybridized carbons (Fsp3) is 0.174. The number of rotatable bonds is 9. The van der Waals surface area contributed by atoms with Crippen molar-refractivity contribution >= 4 is 29.2 Å². The molecule has 0 heterocycles. The summed E-state index contributed by atoms with van der Waals surface area (Å²) in [5.74, 6) is 0.291. The van der Waals surface area contributed by atoms with Gasteiger partial charge < -0.3 is 19.9 Å². The molecule has 0 amide bonds. The van der Waals surface area contributed by atoms with E-state index in [2.05, 4.69) is 5.32 Å². The van der Waals surface area contributed by atoms with Crippen molar-refractivity contribution in [2.24, 2.45) is 0 Å². The Bertz CT molecular complexity index is 1000. The second kappa shape index (κ2) is 10.3. The summed E-state index contributed by atoms with van der Waals surface area (Å²) in [6, 6.07) is 17.8. The predicted molar refractivity (Wildman–Crippen MR) is 118 cm³/mol. The van der Waals surface area contributed by atoms with Gasteiger partial charge in [0, 0.05) is 34.3 Å². The third-order valence-corrected chi connectivity index (χ3v) is 5.26. The molecule has 2 N–H and O–H groups in total. The zero-order valence-corrected chi connectivity index (χ0v) is 17.8. The average Bonchev–Trinajstić information content (AvgIpc) is 2.74. The van der Waals surface area contributed by atoms with Crippen LogP contribution in [0.4, 0.5) is 0 Å². The summed E-state index contributed by atoms with van der Waals surface area (Å²) in [7, 11) is 1.59. The average molecular weight is 446 g/mol. The largest absolute Gasteiger partial charge is 0.493 e. The number of carbonyl (C=O) groups is 1. The molecule has 30 heavy (non-hydrogen) atoms. The molecule has 0 bridgehead atoms. The maximum absolute atomic E-state index is 11.0. The van der Waals surface area contributed by atoms with E-state index in [0.29, 0.717) is 40.2 Å². The van der Waals surface area contributed by atoms with Gasteiger partial charge >= 0.3 is 5.97 Å². The Hall–Kier alpha value is -2.73. The van der Waals surface area contributed by atoms with Gasteiger partial charge in [-0.1, -0.05) is 53.5 Å². The monoisotopic (exact) mass is 445 g/mol. The Balaban J connectivity index is 1.69. The third kappa shape index (κ3) is 5.45. The number of ether oxygens (including phenoxy) is 2. The van der Waals surface area contributed by atoms with Gasteiger partial charge in [-0.25, -0.2) is 4.79 Å². The number of hydrogen-bond acceptors (Lipinski definition) is 4. The molecule has 3 aromatic rings. The highest BCUT2D eigenvalue weighted by molar-refractivity contribution is 6.35. The molecule has 5 nitrogen and oxygen atoms in total.